The minimum atomic E-state index is -4.38. The summed E-state index contributed by atoms with van der Waals surface area (Å²) < 4.78 is 42.7. The molecule has 0 fully saturated rings. The quantitative estimate of drug-likeness (QED) is 0.638. The Morgan fingerprint density at radius 1 is 1.32 bits per heavy atom. The molecule has 3 nitrogen and oxygen atoms in total. The first kappa shape index (κ1) is 15.3. The van der Waals surface area contributed by atoms with E-state index in [1.54, 1.807) is 13.8 Å². The Morgan fingerprint density at radius 3 is 2.47 bits per heavy atom. The zero-order chi connectivity index (χ0) is 14.7. The fraction of sp³-hybridized carbons (Fsp3) is 0.462. The van der Waals surface area contributed by atoms with Gasteiger partial charge in [0.05, 0.1) is 18.0 Å². The molecule has 19 heavy (non-hydrogen) atoms. The minimum Gasteiger partial charge on any atom is -0.494 e. The number of hydrogen-bond acceptors (Lipinski definition) is 2. The lowest BCUT2D eigenvalue weighted by Crippen LogP contribution is -2.32. The molecule has 0 saturated carbocycles. The summed E-state index contributed by atoms with van der Waals surface area (Å²) in [6.45, 7) is 3.77. The topological polar surface area (TPSA) is 59.1 Å². The number of benzene rings is 1. The van der Waals surface area contributed by atoms with Gasteiger partial charge in [-0.25, -0.2) is 0 Å². The van der Waals surface area contributed by atoms with Gasteiger partial charge in [0.25, 0.3) is 0 Å². The molecule has 0 aliphatic rings. The molecule has 3 N–H and O–H groups in total. The maximum absolute atomic E-state index is 12.5. The van der Waals surface area contributed by atoms with E-state index in [2.05, 4.69) is 0 Å². The normalized spacial score (nSPS) is 12.3. The molecule has 0 radical (unpaired) electrons. The molecule has 0 spiro atoms. The lowest BCUT2D eigenvalue weighted by Gasteiger charge is -2.22. The van der Waals surface area contributed by atoms with Crippen LogP contribution in [0, 0.1) is 10.8 Å². The van der Waals surface area contributed by atoms with Crippen LogP contribution in [0.25, 0.3) is 0 Å². The Morgan fingerprint density at radius 2 is 1.95 bits per heavy atom. The zero-order valence-electron chi connectivity index (χ0n) is 10.8. The predicted octanol–water partition coefficient (Wildman–Crippen LogP) is 3.44. The van der Waals surface area contributed by atoms with Crippen molar-refractivity contribution in [2.45, 2.75) is 26.4 Å². The predicted molar refractivity (Wildman–Crippen MR) is 67.3 cm³/mol. The van der Waals surface area contributed by atoms with Crippen molar-refractivity contribution in [3.8, 4) is 5.75 Å². The maximum Gasteiger partial charge on any atom is 0.416 e. The summed E-state index contributed by atoms with van der Waals surface area (Å²) in [5.74, 6) is 0.189. The molecule has 0 atom stereocenters. The van der Waals surface area contributed by atoms with Gasteiger partial charge in [0.1, 0.15) is 5.75 Å². The number of ether oxygens (including phenoxy) is 1. The van der Waals surface area contributed by atoms with E-state index in [1.165, 1.54) is 12.1 Å². The van der Waals surface area contributed by atoms with Crippen LogP contribution < -0.4 is 10.5 Å². The van der Waals surface area contributed by atoms with Gasteiger partial charge < -0.3 is 10.5 Å². The van der Waals surface area contributed by atoms with Crippen LogP contribution >= 0.6 is 0 Å². The maximum atomic E-state index is 12.5. The molecular weight excluding hydrogens is 257 g/mol. The summed E-state index contributed by atoms with van der Waals surface area (Å²) in [4.78, 5) is 0. The second-order valence-electron chi connectivity index (χ2n) is 4.92. The monoisotopic (exact) mass is 274 g/mol. The molecule has 1 aromatic carbocycles. The van der Waals surface area contributed by atoms with Gasteiger partial charge in [0, 0.05) is 5.41 Å². The van der Waals surface area contributed by atoms with Crippen LogP contribution in [0.5, 0.6) is 5.75 Å². The van der Waals surface area contributed by atoms with Crippen molar-refractivity contribution in [3.63, 3.8) is 0 Å². The van der Waals surface area contributed by atoms with Crippen LogP contribution in [0.3, 0.4) is 0 Å². The van der Waals surface area contributed by atoms with E-state index < -0.39 is 17.2 Å². The molecule has 0 saturated heterocycles. The van der Waals surface area contributed by atoms with Crippen LogP contribution in [0.15, 0.2) is 24.3 Å². The SMILES string of the molecule is CC(C)(CCOc1cccc(C(F)(F)F)c1)C(=N)N. The Balaban J connectivity index is 2.62. The van der Waals surface area contributed by atoms with Gasteiger partial charge in [-0.1, -0.05) is 19.9 Å². The third-order valence-electron chi connectivity index (χ3n) is 2.89. The molecule has 0 aliphatic carbocycles. The van der Waals surface area contributed by atoms with Gasteiger partial charge in [0.2, 0.25) is 0 Å². The molecule has 1 rings (SSSR count). The summed E-state index contributed by atoms with van der Waals surface area (Å²) in [5.41, 5.74) is 4.14. The second-order valence-corrected chi connectivity index (χ2v) is 4.92. The average Bonchev–Trinajstić information content (AvgIpc) is 2.28. The Labute approximate surface area is 110 Å². The molecule has 106 valence electrons. The summed E-state index contributed by atoms with van der Waals surface area (Å²) in [7, 11) is 0. The second kappa shape index (κ2) is 5.50. The van der Waals surface area contributed by atoms with Gasteiger partial charge in [-0.3, -0.25) is 5.41 Å². The van der Waals surface area contributed by atoms with E-state index in [1.807, 2.05) is 0 Å². The van der Waals surface area contributed by atoms with Crippen LogP contribution in [0.1, 0.15) is 25.8 Å². The first-order valence-electron chi connectivity index (χ1n) is 5.77. The van der Waals surface area contributed by atoms with E-state index in [9.17, 15) is 13.2 Å². The molecule has 0 unspecified atom stereocenters. The van der Waals surface area contributed by atoms with E-state index >= 15 is 0 Å². The first-order chi connectivity index (χ1) is 8.63. The Kier molecular flexibility index (Phi) is 4.44. The molecular formula is C13H17F3N2O. The number of hydrogen-bond donors (Lipinski definition) is 2. The van der Waals surface area contributed by atoms with E-state index in [4.69, 9.17) is 15.9 Å². The highest BCUT2D eigenvalue weighted by molar-refractivity contribution is 5.82. The number of halogens is 3. The molecule has 6 heteroatoms. The fourth-order valence-corrected chi connectivity index (χ4v) is 1.32. The van der Waals surface area contributed by atoms with E-state index in [0.29, 0.717) is 6.42 Å². The van der Waals surface area contributed by atoms with Gasteiger partial charge in [-0.05, 0) is 24.6 Å². The fourth-order valence-electron chi connectivity index (χ4n) is 1.32. The van der Waals surface area contributed by atoms with Gasteiger partial charge in [-0.15, -0.1) is 0 Å². The first-order valence-corrected chi connectivity index (χ1v) is 5.77. The third kappa shape index (κ3) is 4.46. The molecule has 0 bridgehead atoms. The van der Waals surface area contributed by atoms with Gasteiger partial charge >= 0.3 is 6.18 Å². The van der Waals surface area contributed by atoms with Gasteiger partial charge in [0.15, 0.2) is 0 Å². The van der Waals surface area contributed by atoms with E-state index in [-0.39, 0.29) is 18.2 Å². The summed E-state index contributed by atoms with van der Waals surface area (Å²) in [6.07, 6.45) is -3.92. The molecule has 0 amide bonds. The molecule has 1 aromatic rings. The number of nitrogens with two attached hydrogens (primary N) is 1. The largest absolute Gasteiger partial charge is 0.494 e. The zero-order valence-corrected chi connectivity index (χ0v) is 10.8. The standard InChI is InChI=1S/C13H17F3N2O/c1-12(2,11(17)18)6-7-19-10-5-3-4-9(8-10)13(14,15)16/h3-5,8H,6-7H2,1-2H3,(H3,17,18). The average molecular weight is 274 g/mol. The van der Waals surface area contributed by atoms with Crippen LogP contribution in [-0.4, -0.2) is 12.4 Å². The highest BCUT2D eigenvalue weighted by Gasteiger charge is 2.30. The number of nitrogens with one attached hydrogen (secondary N) is 1. The third-order valence-corrected chi connectivity index (χ3v) is 2.89. The van der Waals surface area contributed by atoms with Crippen molar-refractivity contribution in [1.29, 1.82) is 5.41 Å². The number of amidine groups is 1. The van der Waals surface area contributed by atoms with Crippen molar-refractivity contribution in [2.24, 2.45) is 11.1 Å². The van der Waals surface area contributed by atoms with E-state index in [0.717, 1.165) is 12.1 Å². The van der Waals surface area contributed by atoms with Crippen molar-refractivity contribution in [2.75, 3.05) is 6.61 Å². The van der Waals surface area contributed by atoms with Crippen molar-refractivity contribution >= 4 is 5.84 Å². The van der Waals surface area contributed by atoms with Gasteiger partial charge in [-0.2, -0.15) is 13.2 Å². The molecule has 0 aromatic heterocycles. The molecule has 0 heterocycles. The highest BCUT2D eigenvalue weighted by atomic mass is 19.4. The Hall–Kier alpha value is -1.72. The van der Waals surface area contributed by atoms with Crippen LogP contribution in [0.2, 0.25) is 0 Å². The lowest BCUT2D eigenvalue weighted by atomic mass is 9.88. The molecule has 0 aliphatic heterocycles. The Bertz CT molecular complexity index is 455. The minimum absolute atomic E-state index is 0.0279. The van der Waals surface area contributed by atoms with Crippen molar-refractivity contribution < 1.29 is 17.9 Å². The highest BCUT2D eigenvalue weighted by Crippen LogP contribution is 2.31. The summed E-state index contributed by atoms with van der Waals surface area (Å²) in [6, 6.07) is 4.72. The van der Waals surface area contributed by atoms with Crippen LogP contribution in [-0.2, 0) is 6.18 Å². The lowest BCUT2D eigenvalue weighted by molar-refractivity contribution is -0.137. The van der Waals surface area contributed by atoms with Crippen molar-refractivity contribution in [3.05, 3.63) is 29.8 Å². The summed E-state index contributed by atoms with van der Waals surface area (Å²) >= 11 is 0. The van der Waals surface area contributed by atoms with Crippen LogP contribution in [0.4, 0.5) is 13.2 Å². The number of rotatable bonds is 5. The summed E-state index contributed by atoms with van der Waals surface area (Å²) in [5, 5.41) is 7.37. The smallest absolute Gasteiger partial charge is 0.416 e. The number of alkyl halides is 3. The van der Waals surface area contributed by atoms with Crippen molar-refractivity contribution in [1.82, 2.24) is 0 Å².